The first kappa shape index (κ1) is 15.8. The number of hydrogen-bond donors (Lipinski definition) is 2. The number of thiophene rings is 1. The molecule has 3 N–H and O–H groups in total. The summed E-state index contributed by atoms with van der Waals surface area (Å²) in [4.78, 5) is 15.1. The highest BCUT2D eigenvalue weighted by atomic mass is 35.5. The molecule has 7 nitrogen and oxygen atoms in total. The Labute approximate surface area is 140 Å². The third-order valence-electron chi connectivity index (χ3n) is 3.23. The van der Waals surface area contributed by atoms with Crippen molar-refractivity contribution in [3.05, 3.63) is 45.4 Å². The molecule has 3 rings (SSSR count). The van der Waals surface area contributed by atoms with Gasteiger partial charge in [0.25, 0.3) is 15.8 Å². The lowest BCUT2D eigenvalue weighted by atomic mass is 10.3. The molecule has 0 unspecified atom stereocenters. The first-order chi connectivity index (χ1) is 10.8. The number of aromatic amines is 1. The fourth-order valence-electron chi connectivity index (χ4n) is 2.13. The zero-order valence-electron chi connectivity index (χ0n) is 11.7. The molecule has 0 saturated heterocycles. The number of pyridine rings is 1. The summed E-state index contributed by atoms with van der Waals surface area (Å²) >= 11 is 6.74. The van der Waals surface area contributed by atoms with Crippen LogP contribution in [-0.2, 0) is 14.8 Å². The first-order valence-electron chi connectivity index (χ1n) is 6.32. The van der Waals surface area contributed by atoms with Crippen molar-refractivity contribution in [1.29, 1.82) is 0 Å². The summed E-state index contributed by atoms with van der Waals surface area (Å²) in [5.74, 6) is -0.826. The smallest absolute Gasteiger partial charge is 0.360 e. The van der Waals surface area contributed by atoms with Crippen molar-refractivity contribution < 1.29 is 23.3 Å². The largest absolute Gasteiger partial charge is 0.504 e. The van der Waals surface area contributed by atoms with Gasteiger partial charge in [-0.15, -0.1) is 11.3 Å². The molecule has 0 bridgehead atoms. The monoisotopic (exact) mass is 372 g/mol. The molecule has 2 aromatic rings. The van der Waals surface area contributed by atoms with Gasteiger partial charge in [-0.05, 0) is 12.1 Å². The van der Waals surface area contributed by atoms with E-state index in [-0.39, 0.29) is 19.8 Å². The number of H-pyrrole nitrogens is 1. The summed E-state index contributed by atoms with van der Waals surface area (Å²) in [6.07, 6.45) is 1.60. The van der Waals surface area contributed by atoms with Gasteiger partial charge in [0.15, 0.2) is 11.5 Å². The lowest BCUT2D eigenvalue weighted by molar-refractivity contribution is -0.360. The molecule has 1 amide bonds. The summed E-state index contributed by atoms with van der Waals surface area (Å²) in [7, 11) is -2.75. The molecular weight excluding hydrogens is 362 g/mol. The van der Waals surface area contributed by atoms with Crippen molar-refractivity contribution in [2.24, 2.45) is 0 Å². The van der Waals surface area contributed by atoms with E-state index in [1.165, 1.54) is 13.1 Å². The van der Waals surface area contributed by atoms with Gasteiger partial charge in [0.2, 0.25) is 0 Å². The van der Waals surface area contributed by atoms with Gasteiger partial charge in [-0.2, -0.15) is 0 Å². The van der Waals surface area contributed by atoms with Gasteiger partial charge in [-0.3, -0.25) is 4.31 Å². The highest BCUT2D eigenvalue weighted by Crippen LogP contribution is 2.41. The fourth-order valence-corrected chi connectivity index (χ4v) is 5.08. The second-order valence-corrected chi connectivity index (χ2v) is 8.27. The van der Waals surface area contributed by atoms with E-state index in [2.05, 4.69) is 10.3 Å². The maximum atomic E-state index is 12.5. The van der Waals surface area contributed by atoms with Crippen LogP contribution in [-0.4, -0.2) is 30.8 Å². The number of aliphatic hydroxyl groups excluding tert-OH is 1. The van der Waals surface area contributed by atoms with Crippen molar-refractivity contribution >= 4 is 50.4 Å². The number of amides is 1. The number of hydrogen-bond acceptors (Lipinski definition) is 5. The molecule has 0 atom stereocenters. The average molecular weight is 373 g/mol. The third-order valence-corrected chi connectivity index (χ3v) is 6.41. The summed E-state index contributed by atoms with van der Waals surface area (Å²) in [5.41, 5.74) is -0.367. The molecule has 0 aromatic carbocycles. The number of sulfonamides is 1. The molecule has 1 aliphatic rings. The normalized spacial score (nSPS) is 16.2. The van der Waals surface area contributed by atoms with Crippen LogP contribution in [0.5, 0.6) is 0 Å². The number of carbonyl (C=O) groups excluding carboxylic acids is 1. The van der Waals surface area contributed by atoms with Crippen LogP contribution < -0.4 is 10.3 Å². The van der Waals surface area contributed by atoms with E-state index in [0.29, 0.717) is 5.82 Å². The van der Waals surface area contributed by atoms with Crippen LogP contribution in [0.15, 0.2) is 41.1 Å². The topological polar surface area (TPSA) is 101 Å². The Balaban J connectivity index is 2.09. The summed E-state index contributed by atoms with van der Waals surface area (Å²) in [5, 5.41) is 12.8. The Kier molecular flexibility index (Phi) is 3.78. The Hall–Kier alpha value is -2.10. The number of aromatic nitrogens is 1. The minimum atomic E-state index is -3.95. The molecule has 0 spiro atoms. The molecule has 0 fully saturated rings. The van der Waals surface area contributed by atoms with Crippen LogP contribution in [0.2, 0.25) is 4.34 Å². The van der Waals surface area contributed by atoms with E-state index in [0.717, 1.165) is 15.6 Å². The molecule has 0 saturated carbocycles. The lowest BCUT2D eigenvalue weighted by Crippen LogP contribution is -2.37. The maximum Gasteiger partial charge on any atom is 0.360 e. The highest BCUT2D eigenvalue weighted by Gasteiger charge is 2.41. The second-order valence-electron chi connectivity index (χ2n) is 4.64. The van der Waals surface area contributed by atoms with Crippen molar-refractivity contribution in [3.63, 3.8) is 0 Å². The standard InChI is InChI=1S/C13H10ClN3O4S2/c1-17-10(13(19)16-9-4-2-3-5-15-9)11(18)12-7(23(17,20)21)6-8(14)22-12/h2-6,18H,1H3,(H,15,16,19)/p+1. The average Bonchev–Trinajstić information content (AvgIpc) is 2.90. The van der Waals surface area contributed by atoms with Gasteiger partial charge < -0.3 is 5.11 Å². The van der Waals surface area contributed by atoms with Crippen molar-refractivity contribution in [3.8, 4) is 0 Å². The number of aliphatic hydroxyl groups is 1. The Morgan fingerprint density at radius 1 is 1.43 bits per heavy atom. The zero-order valence-corrected chi connectivity index (χ0v) is 14.1. The molecule has 2 aromatic heterocycles. The minimum absolute atomic E-state index is 0.0512. The molecule has 3 heterocycles. The number of halogens is 1. The number of nitrogens with zero attached hydrogens (tertiary/aromatic N) is 1. The Morgan fingerprint density at radius 3 is 2.83 bits per heavy atom. The molecular formula is C13H11ClN3O4S2+. The predicted molar refractivity (Wildman–Crippen MR) is 85.5 cm³/mol. The highest BCUT2D eigenvalue weighted by molar-refractivity contribution is 7.89. The summed E-state index contributed by atoms with van der Waals surface area (Å²) < 4.78 is 25.9. The number of anilines is 1. The van der Waals surface area contributed by atoms with Crippen molar-refractivity contribution in [2.45, 2.75) is 4.90 Å². The molecule has 0 radical (unpaired) electrons. The van der Waals surface area contributed by atoms with Gasteiger partial charge in [0, 0.05) is 13.1 Å². The van der Waals surface area contributed by atoms with E-state index < -0.39 is 21.7 Å². The number of likely N-dealkylation sites (N-methyl/N-ethyl adjacent to an activating group) is 1. The van der Waals surface area contributed by atoms with E-state index in [1.54, 1.807) is 24.4 Å². The van der Waals surface area contributed by atoms with Crippen LogP contribution in [0.4, 0.5) is 5.82 Å². The van der Waals surface area contributed by atoms with Gasteiger partial charge in [-0.25, -0.2) is 23.5 Å². The van der Waals surface area contributed by atoms with Crippen LogP contribution in [0, 0.1) is 0 Å². The van der Waals surface area contributed by atoms with Crippen LogP contribution in [0.25, 0.3) is 5.76 Å². The number of fused-ring (bicyclic) bond motifs is 1. The van der Waals surface area contributed by atoms with Crippen LogP contribution in [0.1, 0.15) is 4.88 Å². The van der Waals surface area contributed by atoms with Gasteiger partial charge in [0.05, 0.1) is 15.4 Å². The minimum Gasteiger partial charge on any atom is -0.504 e. The number of rotatable bonds is 2. The lowest BCUT2D eigenvalue weighted by Gasteiger charge is -2.25. The van der Waals surface area contributed by atoms with Crippen molar-refractivity contribution in [2.75, 3.05) is 12.4 Å². The fraction of sp³-hybridized carbons (Fsp3) is 0.0769. The number of carbonyl (C=O) groups is 1. The van der Waals surface area contributed by atoms with Gasteiger partial charge in [-0.1, -0.05) is 17.7 Å². The maximum absolute atomic E-state index is 12.5. The van der Waals surface area contributed by atoms with Crippen LogP contribution >= 0.6 is 22.9 Å². The predicted octanol–water partition coefficient (Wildman–Crippen LogP) is 1.72. The molecule has 10 heteroatoms. The SMILES string of the molecule is CN1C(C(=O)Nc2cccc[nH+]2)=C(O)c2sc(Cl)cc2S1(=O)=O. The Morgan fingerprint density at radius 2 is 2.17 bits per heavy atom. The van der Waals surface area contributed by atoms with Gasteiger partial charge in [0.1, 0.15) is 4.90 Å². The van der Waals surface area contributed by atoms with E-state index in [9.17, 15) is 18.3 Å². The third kappa shape index (κ3) is 2.56. The van der Waals surface area contributed by atoms with E-state index >= 15 is 0 Å². The van der Waals surface area contributed by atoms with Crippen LogP contribution in [0.3, 0.4) is 0 Å². The van der Waals surface area contributed by atoms with E-state index in [4.69, 9.17) is 11.6 Å². The van der Waals surface area contributed by atoms with E-state index in [1.807, 2.05) is 0 Å². The molecule has 1 aliphatic heterocycles. The Bertz CT molecular complexity index is 922. The summed E-state index contributed by atoms with van der Waals surface area (Å²) in [6, 6.07) is 6.27. The van der Waals surface area contributed by atoms with Crippen molar-refractivity contribution in [1.82, 2.24) is 4.31 Å². The first-order valence-corrected chi connectivity index (χ1v) is 8.96. The number of nitrogens with one attached hydrogen (secondary N) is 2. The van der Waals surface area contributed by atoms with Gasteiger partial charge >= 0.3 is 5.91 Å². The summed E-state index contributed by atoms with van der Waals surface area (Å²) in [6.45, 7) is 0. The molecule has 0 aliphatic carbocycles. The zero-order chi connectivity index (χ0) is 16.8. The quantitative estimate of drug-likeness (QED) is 0.837. The second kappa shape index (κ2) is 5.52. The molecule has 23 heavy (non-hydrogen) atoms. The molecule has 120 valence electrons.